The Morgan fingerprint density at radius 2 is 2.09 bits per heavy atom. The Hall–Kier alpha value is -1.69. The molecule has 122 valence electrons. The summed E-state index contributed by atoms with van der Waals surface area (Å²) in [5.74, 6) is 1.89. The van der Waals surface area contributed by atoms with E-state index in [1.807, 2.05) is 11.8 Å². The van der Waals surface area contributed by atoms with Crippen molar-refractivity contribution in [3.8, 4) is 0 Å². The van der Waals surface area contributed by atoms with Crippen molar-refractivity contribution < 1.29 is 9.32 Å². The average Bonchev–Trinajstić information content (AvgIpc) is 3.20. The first-order valence-corrected chi connectivity index (χ1v) is 9.23. The van der Waals surface area contributed by atoms with Gasteiger partial charge in [-0.3, -0.25) is 4.79 Å². The number of fused-ring (bicyclic) bond motifs is 1. The molecule has 2 aromatic rings. The third kappa shape index (κ3) is 2.92. The summed E-state index contributed by atoms with van der Waals surface area (Å²) in [5, 5.41) is 3.87. The fourth-order valence-electron chi connectivity index (χ4n) is 3.56. The Morgan fingerprint density at radius 1 is 1.30 bits per heavy atom. The Kier molecular flexibility index (Phi) is 3.93. The summed E-state index contributed by atoms with van der Waals surface area (Å²) >= 11 is 1.71. The number of aromatic nitrogens is 2. The molecule has 0 atom stereocenters. The van der Waals surface area contributed by atoms with Gasteiger partial charge in [0.25, 0.3) is 5.91 Å². The minimum atomic E-state index is 0.199. The molecule has 1 saturated heterocycles. The van der Waals surface area contributed by atoms with E-state index in [2.05, 4.69) is 16.2 Å². The van der Waals surface area contributed by atoms with Crippen LogP contribution >= 0.6 is 11.3 Å². The van der Waals surface area contributed by atoms with Gasteiger partial charge in [0, 0.05) is 23.9 Å². The predicted octanol–water partition coefficient (Wildman–Crippen LogP) is 3.34. The van der Waals surface area contributed by atoms with Gasteiger partial charge in [-0.2, -0.15) is 4.98 Å². The first-order chi connectivity index (χ1) is 11.2. The summed E-state index contributed by atoms with van der Waals surface area (Å²) in [5.41, 5.74) is 1.40. The minimum Gasteiger partial charge on any atom is -0.339 e. The van der Waals surface area contributed by atoms with Crippen molar-refractivity contribution in [1.29, 1.82) is 0 Å². The topological polar surface area (TPSA) is 59.2 Å². The standard InChI is InChI=1S/C17H21N3O2S/c1-11-18-16(22-19-11)12-6-8-20(9-7-12)17(21)15-10-13-4-2-3-5-14(13)23-15/h10,12H,2-9H2,1H3. The van der Waals surface area contributed by atoms with Gasteiger partial charge >= 0.3 is 0 Å². The highest BCUT2D eigenvalue weighted by molar-refractivity contribution is 7.14. The van der Waals surface area contributed by atoms with E-state index in [1.54, 1.807) is 11.3 Å². The highest BCUT2D eigenvalue weighted by atomic mass is 32.1. The highest BCUT2D eigenvalue weighted by Gasteiger charge is 2.29. The van der Waals surface area contributed by atoms with E-state index in [9.17, 15) is 4.79 Å². The van der Waals surface area contributed by atoms with Gasteiger partial charge in [-0.1, -0.05) is 5.16 Å². The van der Waals surface area contributed by atoms with Crippen molar-refractivity contribution in [2.75, 3.05) is 13.1 Å². The average molecular weight is 331 g/mol. The normalized spacial score (nSPS) is 18.9. The number of carbonyl (C=O) groups is 1. The highest BCUT2D eigenvalue weighted by Crippen LogP contribution is 2.32. The molecule has 5 nitrogen and oxygen atoms in total. The number of likely N-dealkylation sites (tertiary alicyclic amines) is 1. The zero-order valence-electron chi connectivity index (χ0n) is 13.4. The second kappa shape index (κ2) is 6.07. The van der Waals surface area contributed by atoms with Crippen LogP contribution in [0, 0.1) is 6.92 Å². The lowest BCUT2D eigenvalue weighted by molar-refractivity contribution is 0.0709. The Bertz CT molecular complexity index is 690. The first kappa shape index (κ1) is 14.9. The van der Waals surface area contributed by atoms with Crippen molar-refractivity contribution in [2.24, 2.45) is 0 Å². The Morgan fingerprint density at radius 3 is 2.78 bits per heavy atom. The van der Waals surface area contributed by atoms with Crippen LogP contribution in [0.25, 0.3) is 0 Å². The monoisotopic (exact) mass is 331 g/mol. The number of hydrogen-bond donors (Lipinski definition) is 0. The molecular formula is C17H21N3O2S. The van der Waals surface area contributed by atoms with Gasteiger partial charge in [0.05, 0.1) is 4.88 Å². The number of aryl methyl sites for hydroxylation is 3. The molecular weight excluding hydrogens is 310 g/mol. The fourth-order valence-corrected chi connectivity index (χ4v) is 4.78. The van der Waals surface area contributed by atoms with E-state index in [4.69, 9.17) is 4.52 Å². The largest absolute Gasteiger partial charge is 0.339 e. The Balaban J connectivity index is 1.41. The SMILES string of the molecule is Cc1noc(C2CCN(C(=O)c3cc4c(s3)CCCC4)CC2)n1. The number of rotatable bonds is 2. The van der Waals surface area contributed by atoms with Crippen LogP contribution in [0.3, 0.4) is 0 Å². The van der Waals surface area contributed by atoms with Crippen molar-refractivity contribution >= 4 is 17.2 Å². The van der Waals surface area contributed by atoms with Crippen LogP contribution in [0.1, 0.15) is 63.4 Å². The molecule has 23 heavy (non-hydrogen) atoms. The molecule has 0 N–H and O–H groups in total. The van der Waals surface area contributed by atoms with Crippen LogP contribution in [0.2, 0.25) is 0 Å². The van der Waals surface area contributed by atoms with Gasteiger partial charge in [-0.15, -0.1) is 11.3 Å². The molecule has 0 saturated carbocycles. The van der Waals surface area contributed by atoms with Crippen molar-refractivity contribution in [3.05, 3.63) is 33.1 Å². The summed E-state index contributed by atoms with van der Waals surface area (Å²) < 4.78 is 5.28. The predicted molar refractivity (Wildman–Crippen MR) is 87.9 cm³/mol. The summed E-state index contributed by atoms with van der Waals surface area (Å²) in [6, 6.07) is 2.13. The van der Waals surface area contributed by atoms with Crippen LogP contribution in [-0.4, -0.2) is 34.0 Å². The van der Waals surface area contributed by atoms with E-state index < -0.39 is 0 Å². The van der Waals surface area contributed by atoms with Crippen LogP contribution in [0.5, 0.6) is 0 Å². The number of carbonyl (C=O) groups excluding carboxylic acids is 1. The molecule has 0 spiro atoms. The van der Waals surface area contributed by atoms with E-state index in [0.29, 0.717) is 5.82 Å². The Labute approximate surface area is 139 Å². The van der Waals surface area contributed by atoms with Crippen molar-refractivity contribution in [3.63, 3.8) is 0 Å². The smallest absolute Gasteiger partial charge is 0.263 e. The molecule has 6 heteroatoms. The van der Waals surface area contributed by atoms with Crippen LogP contribution < -0.4 is 0 Å². The van der Waals surface area contributed by atoms with E-state index in [-0.39, 0.29) is 11.8 Å². The van der Waals surface area contributed by atoms with Gasteiger partial charge in [0.2, 0.25) is 5.89 Å². The number of piperidine rings is 1. The maximum Gasteiger partial charge on any atom is 0.263 e. The quantitative estimate of drug-likeness (QED) is 0.847. The molecule has 0 radical (unpaired) electrons. The molecule has 4 rings (SSSR count). The number of thiophene rings is 1. The first-order valence-electron chi connectivity index (χ1n) is 8.42. The molecule has 0 aromatic carbocycles. The van der Waals surface area contributed by atoms with Gasteiger partial charge in [0.15, 0.2) is 5.82 Å². The summed E-state index contributed by atoms with van der Waals surface area (Å²) in [7, 11) is 0. The molecule has 3 heterocycles. The van der Waals surface area contributed by atoms with Gasteiger partial charge in [-0.25, -0.2) is 0 Å². The molecule has 1 aliphatic carbocycles. The van der Waals surface area contributed by atoms with Crippen molar-refractivity contribution in [2.45, 2.75) is 51.4 Å². The number of hydrogen-bond acceptors (Lipinski definition) is 5. The molecule has 2 aromatic heterocycles. The minimum absolute atomic E-state index is 0.199. The van der Waals surface area contributed by atoms with Gasteiger partial charge in [0.1, 0.15) is 0 Å². The molecule has 1 amide bonds. The summed E-state index contributed by atoms with van der Waals surface area (Å²) in [6.07, 6.45) is 6.60. The second-order valence-corrected chi connectivity index (χ2v) is 7.65. The molecule has 1 fully saturated rings. The third-order valence-corrected chi connectivity index (χ3v) is 6.11. The molecule has 2 aliphatic rings. The molecule has 0 unspecified atom stereocenters. The van der Waals surface area contributed by atoms with Gasteiger partial charge < -0.3 is 9.42 Å². The molecule has 1 aliphatic heterocycles. The third-order valence-electron chi connectivity index (χ3n) is 4.88. The van der Waals surface area contributed by atoms with E-state index >= 15 is 0 Å². The fraction of sp³-hybridized carbons (Fsp3) is 0.588. The zero-order valence-corrected chi connectivity index (χ0v) is 14.2. The lowest BCUT2D eigenvalue weighted by Gasteiger charge is -2.30. The van der Waals surface area contributed by atoms with Crippen LogP contribution in [-0.2, 0) is 12.8 Å². The number of amides is 1. The lowest BCUT2D eigenvalue weighted by atomic mass is 9.96. The van der Waals surface area contributed by atoms with Crippen LogP contribution in [0.15, 0.2) is 10.6 Å². The maximum absolute atomic E-state index is 12.7. The van der Waals surface area contributed by atoms with E-state index in [1.165, 1.54) is 23.3 Å². The summed E-state index contributed by atoms with van der Waals surface area (Å²) in [4.78, 5) is 21.4. The lowest BCUT2D eigenvalue weighted by Crippen LogP contribution is -2.37. The molecule has 0 bridgehead atoms. The second-order valence-electron chi connectivity index (χ2n) is 6.51. The van der Waals surface area contributed by atoms with Crippen LogP contribution in [0.4, 0.5) is 0 Å². The zero-order chi connectivity index (χ0) is 15.8. The number of nitrogens with zero attached hydrogens (tertiary/aromatic N) is 3. The van der Waals surface area contributed by atoms with Crippen molar-refractivity contribution in [1.82, 2.24) is 15.0 Å². The summed E-state index contributed by atoms with van der Waals surface area (Å²) in [6.45, 7) is 3.38. The van der Waals surface area contributed by atoms with Gasteiger partial charge in [-0.05, 0) is 57.1 Å². The maximum atomic E-state index is 12.7. The van der Waals surface area contributed by atoms with E-state index in [0.717, 1.165) is 49.5 Å².